The molecule has 1 unspecified atom stereocenters. The normalized spacial score (nSPS) is 13.2. The number of nitrogens with zero attached hydrogens (tertiary/aromatic N) is 1. The maximum atomic E-state index is 11.9. The van der Waals surface area contributed by atoms with Crippen LogP contribution in [0.5, 0.6) is 0 Å². The largest absolute Gasteiger partial charge is 0.382 e. The van der Waals surface area contributed by atoms with E-state index in [-0.39, 0.29) is 11.6 Å². The summed E-state index contributed by atoms with van der Waals surface area (Å²) >= 11 is 0. The van der Waals surface area contributed by atoms with Gasteiger partial charge in [0.15, 0.2) is 0 Å². The van der Waals surface area contributed by atoms with Gasteiger partial charge in [-0.25, -0.2) is 4.68 Å². The predicted molar refractivity (Wildman–Crippen MR) is 59.1 cm³/mol. The van der Waals surface area contributed by atoms with E-state index in [1.165, 1.54) is 0 Å². The van der Waals surface area contributed by atoms with E-state index in [2.05, 4.69) is 5.10 Å². The van der Waals surface area contributed by atoms with E-state index in [1.54, 1.807) is 11.8 Å². The van der Waals surface area contributed by atoms with Crippen molar-refractivity contribution in [1.82, 2.24) is 9.78 Å². The highest BCUT2D eigenvalue weighted by molar-refractivity contribution is 5.77. The third-order valence-corrected chi connectivity index (χ3v) is 2.47. The minimum Gasteiger partial charge on any atom is -0.382 e. The van der Waals surface area contributed by atoms with Gasteiger partial charge in [0.25, 0.3) is 5.56 Å². The Bertz CT molecular complexity index is 513. The number of H-pyrrole nitrogens is 1. The lowest BCUT2D eigenvalue weighted by atomic mass is 10.2. The number of aromatic nitrogens is 2. The van der Waals surface area contributed by atoms with Crippen LogP contribution in [0, 0.1) is 0 Å². The van der Waals surface area contributed by atoms with E-state index in [9.17, 15) is 4.79 Å². The number of benzene rings is 1. The van der Waals surface area contributed by atoms with Crippen molar-refractivity contribution in [3.63, 3.8) is 0 Å². The second-order valence-corrected chi connectivity index (χ2v) is 3.64. The zero-order chi connectivity index (χ0) is 10.8. The van der Waals surface area contributed by atoms with Gasteiger partial charge >= 0.3 is 0 Å². The smallest absolute Gasteiger partial charge is 0.274 e. The Hall–Kier alpha value is -1.55. The number of para-hydroxylation sites is 1. The Labute approximate surface area is 87.5 Å². The molecule has 1 atom stereocenters. The summed E-state index contributed by atoms with van der Waals surface area (Å²) in [4.78, 5) is 11.9. The van der Waals surface area contributed by atoms with Gasteiger partial charge in [-0.1, -0.05) is 12.1 Å². The number of hydrogen-bond donors (Lipinski definition) is 1. The van der Waals surface area contributed by atoms with Gasteiger partial charge in [0.05, 0.1) is 23.6 Å². The molecule has 0 aliphatic carbocycles. The molecule has 1 N–H and O–H groups in total. The molecule has 4 heteroatoms. The van der Waals surface area contributed by atoms with Crippen LogP contribution >= 0.6 is 0 Å². The Balaban J connectivity index is 2.53. The molecule has 80 valence electrons. The van der Waals surface area contributed by atoms with Crippen LogP contribution in [-0.4, -0.2) is 23.5 Å². The summed E-state index contributed by atoms with van der Waals surface area (Å²) in [7, 11) is 1.63. The van der Waals surface area contributed by atoms with Gasteiger partial charge in [0.1, 0.15) is 0 Å². The topological polar surface area (TPSA) is 47.0 Å². The number of nitrogens with one attached hydrogen (secondary N) is 1. The number of methoxy groups -OCH3 is 1. The summed E-state index contributed by atoms with van der Waals surface area (Å²) in [6.07, 6.45) is 0. The molecule has 2 aromatic rings. The van der Waals surface area contributed by atoms with Crippen molar-refractivity contribution in [2.24, 2.45) is 0 Å². The van der Waals surface area contributed by atoms with Gasteiger partial charge < -0.3 is 4.74 Å². The molecule has 1 aromatic heterocycles. The van der Waals surface area contributed by atoms with Crippen molar-refractivity contribution in [2.45, 2.75) is 13.0 Å². The lowest BCUT2D eigenvalue weighted by Gasteiger charge is -2.09. The van der Waals surface area contributed by atoms with Crippen LogP contribution in [0.4, 0.5) is 0 Å². The maximum absolute atomic E-state index is 11.9. The second kappa shape index (κ2) is 3.90. The van der Waals surface area contributed by atoms with Crippen molar-refractivity contribution in [3.05, 3.63) is 34.6 Å². The molecule has 0 aliphatic rings. The molecule has 0 spiro atoms. The van der Waals surface area contributed by atoms with Gasteiger partial charge in [-0.3, -0.25) is 9.89 Å². The first-order valence-corrected chi connectivity index (χ1v) is 4.92. The third-order valence-electron chi connectivity index (χ3n) is 2.47. The molecular weight excluding hydrogens is 192 g/mol. The third kappa shape index (κ3) is 1.68. The zero-order valence-electron chi connectivity index (χ0n) is 8.86. The van der Waals surface area contributed by atoms with Crippen LogP contribution < -0.4 is 5.56 Å². The minimum atomic E-state index is 0.00940. The van der Waals surface area contributed by atoms with Crippen LogP contribution in [0.3, 0.4) is 0 Å². The van der Waals surface area contributed by atoms with Crippen molar-refractivity contribution in [1.29, 1.82) is 0 Å². The Morgan fingerprint density at radius 2 is 2.20 bits per heavy atom. The summed E-state index contributed by atoms with van der Waals surface area (Å²) in [6.45, 7) is 2.47. The van der Waals surface area contributed by atoms with Crippen molar-refractivity contribution in [2.75, 3.05) is 13.7 Å². The maximum Gasteiger partial charge on any atom is 0.274 e. The Morgan fingerprint density at radius 1 is 1.47 bits per heavy atom. The van der Waals surface area contributed by atoms with Crippen molar-refractivity contribution in [3.8, 4) is 0 Å². The minimum absolute atomic E-state index is 0.00940. The highest BCUT2D eigenvalue weighted by Crippen LogP contribution is 2.09. The van der Waals surface area contributed by atoms with Gasteiger partial charge in [-0.2, -0.15) is 0 Å². The van der Waals surface area contributed by atoms with E-state index >= 15 is 0 Å². The molecule has 4 nitrogen and oxygen atoms in total. The number of rotatable bonds is 3. The summed E-state index contributed by atoms with van der Waals surface area (Å²) in [5, 5.41) is 3.80. The van der Waals surface area contributed by atoms with Crippen LogP contribution in [0.1, 0.15) is 13.0 Å². The van der Waals surface area contributed by atoms with Crippen LogP contribution in [0.15, 0.2) is 29.1 Å². The standard InChI is InChI=1S/C11H14N2O2/c1-8(7-15-2)13-11(14)9-5-3-4-6-10(9)12-13/h3-6,8,12H,7H2,1-2H3. The van der Waals surface area contributed by atoms with Gasteiger partial charge in [-0.05, 0) is 19.1 Å². The Kier molecular flexibility index (Phi) is 2.60. The van der Waals surface area contributed by atoms with Gasteiger partial charge in [0, 0.05) is 7.11 Å². The van der Waals surface area contributed by atoms with Crippen LogP contribution in [0.25, 0.3) is 10.9 Å². The fourth-order valence-corrected chi connectivity index (χ4v) is 1.70. The lowest BCUT2D eigenvalue weighted by molar-refractivity contribution is 0.156. The van der Waals surface area contributed by atoms with E-state index < -0.39 is 0 Å². The number of fused-ring (bicyclic) bond motifs is 1. The fourth-order valence-electron chi connectivity index (χ4n) is 1.70. The number of aromatic amines is 1. The molecule has 0 aliphatic heterocycles. The fraction of sp³-hybridized carbons (Fsp3) is 0.364. The van der Waals surface area contributed by atoms with Crippen LogP contribution in [0.2, 0.25) is 0 Å². The highest BCUT2D eigenvalue weighted by atomic mass is 16.5. The summed E-state index contributed by atoms with van der Waals surface area (Å²) in [5.41, 5.74) is 0.876. The highest BCUT2D eigenvalue weighted by Gasteiger charge is 2.10. The first kappa shape index (κ1) is 9.98. The van der Waals surface area contributed by atoms with E-state index in [0.717, 1.165) is 10.9 Å². The SMILES string of the molecule is COCC(C)n1[nH]c2ccccc2c1=O. The van der Waals surface area contributed by atoms with Gasteiger partial charge in [0.2, 0.25) is 0 Å². The second-order valence-electron chi connectivity index (χ2n) is 3.64. The monoisotopic (exact) mass is 206 g/mol. The lowest BCUT2D eigenvalue weighted by Crippen LogP contribution is -2.23. The number of ether oxygens (including phenoxy) is 1. The quantitative estimate of drug-likeness (QED) is 0.828. The molecule has 2 rings (SSSR count). The Morgan fingerprint density at radius 3 is 2.87 bits per heavy atom. The molecule has 0 radical (unpaired) electrons. The molecular formula is C11H14N2O2. The molecule has 0 amide bonds. The molecule has 0 saturated heterocycles. The zero-order valence-corrected chi connectivity index (χ0v) is 8.86. The first-order valence-electron chi connectivity index (χ1n) is 4.92. The van der Waals surface area contributed by atoms with E-state index in [1.807, 2.05) is 31.2 Å². The molecule has 0 saturated carbocycles. The van der Waals surface area contributed by atoms with E-state index in [4.69, 9.17) is 4.74 Å². The molecule has 15 heavy (non-hydrogen) atoms. The van der Waals surface area contributed by atoms with Crippen molar-refractivity contribution >= 4 is 10.9 Å². The summed E-state index contributed by atoms with van der Waals surface area (Å²) < 4.78 is 6.63. The average Bonchev–Trinajstić information content (AvgIpc) is 2.57. The average molecular weight is 206 g/mol. The predicted octanol–water partition coefficient (Wildman–Crippen LogP) is 1.54. The first-order chi connectivity index (χ1) is 7.24. The van der Waals surface area contributed by atoms with Gasteiger partial charge in [-0.15, -0.1) is 0 Å². The molecule has 1 heterocycles. The van der Waals surface area contributed by atoms with Crippen molar-refractivity contribution < 1.29 is 4.74 Å². The van der Waals surface area contributed by atoms with E-state index in [0.29, 0.717) is 6.61 Å². The molecule has 0 fully saturated rings. The molecule has 1 aromatic carbocycles. The summed E-state index contributed by atoms with van der Waals surface area (Å²) in [5.74, 6) is 0. The number of hydrogen-bond acceptors (Lipinski definition) is 2. The van der Waals surface area contributed by atoms with Crippen LogP contribution in [-0.2, 0) is 4.74 Å². The molecule has 0 bridgehead atoms. The summed E-state index contributed by atoms with van der Waals surface area (Å²) in [6, 6.07) is 7.51.